The van der Waals surface area contributed by atoms with Gasteiger partial charge in [-0.15, -0.1) is 11.3 Å². The summed E-state index contributed by atoms with van der Waals surface area (Å²) in [5.41, 5.74) is 0.757. The summed E-state index contributed by atoms with van der Waals surface area (Å²) in [7, 11) is 1.21. The number of rotatable bonds is 5. The molecule has 0 aliphatic rings. The zero-order valence-electron chi connectivity index (χ0n) is 10.7. The van der Waals surface area contributed by atoms with Crippen molar-refractivity contribution in [1.29, 1.82) is 0 Å². The quantitative estimate of drug-likeness (QED) is 0.858. The van der Waals surface area contributed by atoms with Crippen molar-refractivity contribution in [3.8, 4) is 5.75 Å². The van der Waals surface area contributed by atoms with Crippen molar-refractivity contribution < 1.29 is 24.2 Å². The Morgan fingerprint density at radius 3 is 2.55 bits per heavy atom. The smallest absolute Gasteiger partial charge is 0.349 e. The molecule has 0 atom stereocenters. The standard InChI is InChI=1S/C14H12O5S/c1-18-14(17)12-11(13(15)16)10(8-20-12)19-7-9-5-3-2-4-6-9/h2-6,8H,7H2,1H3,(H,15,16). The fraction of sp³-hybridized carbons (Fsp3) is 0.143. The number of carbonyl (C=O) groups excluding carboxylic acids is 1. The minimum atomic E-state index is -1.21. The minimum absolute atomic E-state index is 0.0306. The maximum Gasteiger partial charge on any atom is 0.349 e. The van der Waals surface area contributed by atoms with Crippen molar-refractivity contribution in [3.63, 3.8) is 0 Å². The van der Waals surface area contributed by atoms with Gasteiger partial charge in [0, 0.05) is 5.38 Å². The van der Waals surface area contributed by atoms with Gasteiger partial charge in [-0.3, -0.25) is 0 Å². The van der Waals surface area contributed by atoms with E-state index in [0.717, 1.165) is 16.9 Å². The molecule has 0 fully saturated rings. The van der Waals surface area contributed by atoms with E-state index in [1.54, 1.807) is 0 Å². The summed E-state index contributed by atoms with van der Waals surface area (Å²) in [6, 6.07) is 9.35. The molecule has 0 saturated carbocycles. The second-order valence-corrected chi connectivity index (χ2v) is 4.75. The lowest BCUT2D eigenvalue weighted by molar-refractivity contribution is 0.0587. The van der Waals surface area contributed by atoms with Crippen molar-refractivity contribution in [3.05, 3.63) is 51.7 Å². The van der Waals surface area contributed by atoms with Crippen LogP contribution in [0.15, 0.2) is 35.7 Å². The molecule has 0 spiro atoms. The Hall–Kier alpha value is -2.34. The SMILES string of the molecule is COC(=O)c1scc(OCc2ccccc2)c1C(=O)O. The molecule has 5 nitrogen and oxygen atoms in total. The second-order valence-electron chi connectivity index (χ2n) is 3.88. The third-order valence-electron chi connectivity index (χ3n) is 2.58. The first kappa shape index (κ1) is 14.1. The van der Waals surface area contributed by atoms with Gasteiger partial charge in [-0.25, -0.2) is 9.59 Å². The number of methoxy groups -OCH3 is 1. The predicted octanol–water partition coefficient (Wildman–Crippen LogP) is 2.81. The summed E-state index contributed by atoms with van der Waals surface area (Å²) in [6.07, 6.45) is 0. The van der Waals surface area contributed by atoms with Gasteiger partial charge in [0.05, 0.1) is 7.11 Å². The lowest BCUT2D eigenvalue weighted by Crippen LogP contribution is -2.08. The van der Waals surface area contributed by atoms with E-state index in [2.05, 4.69) is 4.74 Å². The largest absolute Gasteiger partial charge is 0.487 e. The van der Waals surface area contributed by atoms with Crippen LogP contribution in [0.4, 0.5) is 0 Å². The zero-order chi connectivity index (χ0) is 14.5. The first-order chi connectivity index (χ1) is 9.63. The van der Waals surface area contributed by atoms with E-state index < -0.39 is 11.9 Å². The van der Waals surface area contributed by atoms with Crippen LogP contribution in [-0.4, -0.2) is 24.2 Å². The monoisotopic (exact) mass is 292 g/mol. The lowest BCUT2D eigenvalue weighted by atomic mass is 10.2. The maximum atomic E-state index is 11.5. The Labute approximate surface area is 119 Å². The number of hydrogen-bond acceptors (Lipinski definition) is 5. The highest BCUT2D eigenvalue weighted by molar-refractivity contribution is 7.12. The van der Waals surface area contributed by atoms with Gasteiger partial charge in [0.2, 0.25) is 0 Å². The van der Waals surface area contributed by atoms with E-state index in [9.17, 15) is 14.7 Å². The molecule has 20 heavy (non-hydrogen) atoms. The third kappa shape index (κ3) is 2.97. The van der Waals surface area contributed by atoms with Gasteiger partial charge in [0.25, 0.3) is 0 Å². The Balaban J connectivity index is 2.22. The van der Waals surface area contributed by atoms with Gasteiger partial charge >= 0.3 is 11.9 Å². The number of hydrogen-bond donors (Lipinski definition) is 1. The molecule has 2 aromatic rings. The molecule has 0 bridgehead atoms. The third-order valence-corrected chi connectivity index (χ3v) is 3.52. The lowest BCUT2D eigenvalue weighted by Gasteiger charge is -2.06. The molecule has 2 rings (SSSR count). The summed E-state index contributed by atoms with van der Waals surface area (Å²) < 4.78 is 10.0. The van der Waals surface area contributed by atoms with Crippen molar-refractivity contribution in [2.75, 3.05) is 7.11 Å². The van der Waals surface area contributed by atoms with E-state index >= 15 is 0 Å². The van der Waals surface area contributed by atoms with Crippen LogP contribution in [0.2, 0.25) is 0 Å². The van der Waals surface area contributed by atoms with Crippen LogP contribution in [-0.2, 0) is 11.3 Å². The van der Waals surface area contributed by atoms with Crippen molar-refractivity contribution >= 4 is 23.3 Å². The summed E-state index contributed by atoms with van der Waals surface area (Å²) in [5.74, 6) is -1.72. The number of benzene rings is 1. The fourth-order valence-electron chi connectivity index (χ4n) is 1.63. The number of esters is 1. The first-order valence-electron chi connectivity index (χ1n) is 5.73. The van der Waals surface area contributed by atoms with Gasteiger partial charge in [-0.05, 0) is 5.56 Å². The van der Waals surface area contributed by atoms with Crippen LogP contribution in [0.3, 0.4) is 0 Å². The topological polar surface area (TPSA) is 72.8 Å². The highest BCUT2D eigenvalue weighted by atomic mass is 32.1. The highest BCUT2D eigenvalue weighted by Crippen LogP contribution is 2.30. The number of carbonyl (C=O) groups is 2. The van der Waals surface area contributed by atoms with Gasteiger partial charge < -0.3 is 14.6 Å². The van der Waals surface area contributed by atoms with E-state index in [0.29, 0.717) is 0 Å². The molecular weight excluding hydrogens is 280 g/mol. The molecule has 1 heterocycles. The van der Waals surface area contributed by atoms with Gasteiger partial charge in [0.15, 0.2) is 0 Å². The molecule has 0 aliphatic carbocycles. The van der Waals surface area contributed by atoms with Crippen molar-refractivity contribution in [2.24, 2.45) is 0 Å². The van der Waals surface area contributed by atoms with Crippen LogP contribution >= 0.6 is 11.3 Å². The zero-order valence-corrected chi connectivity index (χ0v) is 11.5. The summed E-state index contributed by atoms with van der Waals surface area (Å²) in [4.78, 5) is 22.8. The molecule has 1 aromatic heterocycles. The summed E-state index contributed by atoms with van der Waals surface area (Å²) >= 11 is 0.992. The average molecular weight is 292 g/mol. The van der Waals surface area contributed by atoms with Crippen LogP contribution in [0.25, 0.3) is 0 Å². The van der Waals surface area contributed by atoms with E-state index in [4.69, 9.17) is 4.74 Å². The van der Waals surface area contributed by atoms with Crippen molar-refractivity contribution in [1.82, 2.24) is 0 Å². The normalized spacial score (nSPS) is 10.1. The number of thiophene rings is 1. The van der Waals surface area contributed by atoms with Crippen LogP contribution in [0.1, 0.15) is 25.6 Å². The molecule has 0 aliphatic heterocycles. The van der Waals surface area contributed by atoms with E-state index in [-0.39, 0.29) is 22.8 Å². The first-order valence-corrected chi connectivity index (χ1v) is 6.61. The molecule has 1 aromatic carbocycles. The number of ether oxygens (including phenoxy) is 2. The highest BCUT2D eigenvalue weighted by Gasteiger charge is 2.25. The molecule has 0 amide bonds. The molecule has 104 valence electrons. The Kier molecular flexibility index (Phi) is 4.37. The van der Waals surface area contributed by atoms with Gasteiger partial charge in [-0.2, -0.15) is 0 Å². The Morgan fingerprint density at radius 1 is 1.25 bits per heavy atom. The van der Waals surface area contributed by atoms with E-state index in [1.807, 2.05) is 30.3 Å². The molecular formula is C14H12O5S. The van der Waals surface area contributed by atoms with E-state index in [1.165, 1.54) is 12.5 Å². The number of aromatic carboxylic acids is 1. The van der Waals surface area contributed by atoms with Crippen LogP contribution in [0.5, 0.6) is 5.75 Å². The number of carboxylic acid groups (broad SMARTS) is 1. The maximum absolute atomic E-state index is 11.5. The van der Waals surface area contributed by atoms with Gasteiger partial charge in [0.1, 0.15) is 22.8 Å². The van der Waals surface area contributed by atoms with Crippen LogP contribution < -0.4 is 4.74 Å². The number of carboxylic acids is 1. The fourth-order valence-corrected chi connectivity index (χ4v) is 2.53. The molecule has 0 unspecified atom stereocenters. The molecule has 1 N–H and O–H groups in total. The summed E-state index contributed by atoms with van der Waals surface area (Å²) in [6.45, 7) is 0.235. The van der Waals surface area contributed by atoms with Crippen molar-refractivity contribution in [2.45, 2.75) is 6.61 Å². The molecule has 6 heteroatoms. The Morgan fingerprint density at radius 2 is 1.95 bits per heavy atom. The van der Waals surface area contributed by atoms with Gasteiger partial charge in [-0.1, -0.05) is 30.3 Å². The average Bonchev–Trinajstić information content (AvgIpc) is 2.89. The molecule has 0 radical (unpaired) electrons. The Bertz CT molecular complexity index is 618. The predicted molar refractivity (Wildman–Crippen MR) is 73.4 cm³/mol. The second kappa shape index (κ2) is 6.21. The van der Waals surface area contributed by atoms with Crippen LogP contribution in [0, 0.1) is 0 Å². The molecule has 0 saturated heterocycles. The summed E-state index contributed by atoms with van der Waals surface area (Å²) in [5, 5.41) is 10.7. The minimum Gasteiger partial charge on any atom is -0.487 e.